The number of carbonyl (C=O) groups is 4. The number of amides is 4. The van der Waals surface area contributed by atoms with Gasteiger partial charge in [-0.1, -0.05) is 36.4 Å². The first-order valence-electron chi connectivity index (χ1n) is 9.33. The van der Waals surface area contributed by atoms with Crippen LogP contribution in [0.15, 0.2) is 54.6 Å². The van der Waals surface area contributed by atoms with Gasteiger partial charge in [-0.15, -0.1) is 0 Å². The third kappa shape index (κ3) is 3.80. The summed E-state index contributed by atoms with van der Waals surface area (Å²) in [4.78, 5) is 50.2. The van der Waals surface area contributed by atoms with Crippen LogP contribution in [0.4, 0.5) is 5.69 Å². The minimum atomic E-state index is -0.686. The van der Waals surface area contributed by atoms with Crippen LogP contribution < -0.4 is 10.6 Å². The molecule has 1 saturated heterocycles. The summed E-state index contributed by atoms with van der Waals surface area (Å²) >= 11 is 0. The molecule has 0 bridgehead atoms. The topological polar surface area (TPSA) is 95.6 Å². The van der Waals surface area contributed by atoms with Crippen molar-refractivity contribution >= 4 is 35.4 Å². The average Bonchev–Trinajstić information content (AvgIpc) is 3.05. The number of hydrogen-bond acceptors (Lipinski definition) is 4. The lowest BCUT2D eigenvalue weighted by Gasteiger charge is -2.29. The zero-order valence-electron chi connectivity index (χ0n) is 15.6. The van der Waals surface area contributed by atoms with Crippen molar-refractivity contribution in [1.82, 2.24) is 10.2 Å². The molecule has 1 atom stereocenters. The summed E-state index contributed by atoms with van der Waals surface area (Å²) in [5, 5.41) is 5.10. The SMILES string of the molecule is O=C(/C=C/c1ccccc1)Nc1cccc2c1CN(C1CCC(=O)NC1=O)C2=O. The molecule has 1 fully saturated rings. The maximum atomic E-state index is 12.8. The molecule has 4 rings (SSSR count). The molecule has 0 spiro atoms. The van der Waals surface area contributed by atoms with Gasteiger partial charge in [0, 0.05) is 35.9 Å². The van der Waals surface area contributed by atoms with E-state index in [1.165, 1.54) is 11.0 Å². The molecule has 7 heteroatoms. The Morgan fingerprint density at radius 3 is 2.62 bits per heavy atom. The minimum Gasteiger partial charge on any atom is -0.322 e. The highest BCUT2D eigenvalue weighted by atomic mass is 16.2. The van der Waals surface area contributed by atoms with Crippen LogP contribution in [0, 0.1) is 0 Å². The van der Waals surface area contributed by atoms with Gasteiger partial charge in [0.15, 0.2) is 0 Å². The third-order valence-electron chi connectivity index (χ3n) is 5.07. The molecule has 1 unspecified atom stereocenters. The van der Waals surface area contributed by atoms with Gasteiger partial charge < -0.3 is 10.2 Å². The number of imide groups is 1. The lowest BCUT2D eigenvalue weighted by atomic mass is 10.0. The Morgan fingerprint density at radius 1 is 1.07 bits per heavy atom. The van der Waals surface area contributed by atoms with Crippen molar-refractivity contribution in [1.29, 1.82) is 0 Å². The largest absolute Gasteiger partial charge is 0.322 e. The Morgan fingerprint density at radius 2 is 1.86 bits per heavy atom. The number of nitrogens with zero attached hydrogens (tertiary/aromatic N) is 1. The third-order valence-corrected chi connectivity index (χ3v) is 5.07. The van der Waals surface area contributed by atoms with Gasteiger partial charge in [0.05, 0.1) is 0 Å². The molecule has 2 aliphatic rings. The van der Waals surface area contributed by atoms with E-state index in [-0.39, 0.29) is 30.7 Å². The summed E-state index contributed by atoms with van der Waals surface area (Å²) in [5.74, 6) is -1.37. The summed E-state index contributed by atoms with van der Waals surface area (Å²) < 4.78 is 0. The Labute approximate surface area is 167 Å². The first kappa shape index (κ1) is 18.6. The van der Waals surface area contributed by atoms with E-state index in [1.807, 2.05) is 30.3 Å². The van der Waals surface area contributed by atoms with Gasteiger partial charge in [-0.05, 0) is 30.2 Å². The number of carbonyl (C=O) groups excluding carboxylic acids is 4. The number of hydrogen-bond donors (Lipinski definition) is 2. The van der Waals surface area contributed by atoms with E-state index >= 15 is 0 Å². The van der Waals surface area contributed by atoms with Crippen molar-refractivity contribution in [3.05, 3.63) is 71.3 Å². The summed E-state index contributed by atoms with van der Waals surface area (Å²) in [5.41, 5.74) is 2.57. The number of nitrogens with one attached hydrogen (secondary N) is 2. The predicted molar refractivity (Wildman–Crippen MR) is 107 cm³/mol. The van der Waals surface area contributed by atoms with Gasteiger partial charge in [0.1, 0.15) is 6.04 Å². The maximum Gasteiger partial charge on any atom is 0.255 e. The van der Waals surface area contributed by atoms with E-state index in [2.05, 4.69) is 10.6 Å². The molecule has 2 aromatic carbocycles. The van der Waals surface area contributed by atoms with E-state index in [0.717, 1.165) is 5.56 Å². The van der Waals surface area contributed by atoms with Crippen molar-refractivity contribution in [2.24, 2.45) is 0 Å². The zero-order chi connectivity index (χ0) is 20.4. The first-order chi connectivity index (χ1) is 14.0. The normalized spacial score (nSPS) is 18.7. The van der Waals surface area contributed by atoms with Gasteiger partial charge in [-0.2, -0.15) is 0 Å². The molecular weight excluding hydrogens is 370 g/mol. The molecule has 0 aromatic heterocycles. The molecule has 2 N–H and O–H groups in total. The molecule has 0 saturated carbocycles. The number of fused-ring (bicyclic) bond motifs is 1. The summed E-state index contributed by atoms with van der Waals surface area (Å²) in [6.45, 7) is 0.208. The van der Waals surface area contributed by atoms with Crippen molar-refractivity contribution in [3.8, 4) is 0 Å². The van der Waals surface area contributed by atoms with E-state index in [4.69, 9.17) is 0 Å². The Bertz CT molecular complexity index is 1030. The van der Waals surface area contributed by atoms with Crippen molar-refractivity contribution in [2.75, 3.05) is 5.32 Å². The second-order valence-corrected chi connectivity index (χ2v) is 6.96. The highest BCUT2D eigenvalue weighted by Gasteiger charge is 2.39. The van der Waals surface area contributed by atoms with Crippen molar-refractivity contribution in [3.63, 3.8) is 0 Å². The highest BCUT2D eigenvalue weighted by molar-refractivity contribution is 6.08. The number of piperidine rings is 1. The second kappa shape index (κ2) is 7.71. The van der Waals surface area contributed by atoms with Gasteiger partial charge in [0.25, 0.3) is 5.91 Å². The van der Waals surface area contributed by atoms with Crippen molar-refractivity contribution in [2.45, 2.75) is 25.4 Å². The molecule has 0 radical (unpaired) electrons. The van der Waals surface area contributed by atoms with Crippen LogP contribution in [0.2, 0.25) is 0 Å². The van der Waals surface area contributed by atoms with Crippen LogP contribution in [-0.2, 0) is 20.9 Å². The monoisotopic (exact) mass is 389 g/mol. The lowest BCUT2D eigenvalue weighted by molar-refractivity contribution is -0.137. The summed E-state index contributed by atoms with van der Waals surface area (Å²) in [6, 6.07) is 13.9. The Kier molecular flexibility index (Phi) is 4.95. The maximum absolute atomic E-state index is 12.8. The first-order valence-corrected chi connectivity index (χ1v) is 9.33. The van der Waals surface area contributed by atoms with Crippen LogP contribution in [0.1, 0.15) is 34.3 Å². The Balaban J connectivity index is 1.51. The fourth-order valence-electron chi connectivity index (χ4n) is 3.61. The quantitative estimate of drug-likeness (QED) is 0.618. The smallest absolute Gasteiger partial charge is 0.255 e. The molecule has 146 valence electrons. The molecule has 0 aliphatic carbocycles. The standard InChI is InChI=1S/C22H19N3O4/c26-19(11-9-14-5-2-1-3-6-14)23-17-8-4-7-15-16(17)13-25(22(15)29)18-10-12-20(27)24-21(18)28/h1-9,11,18H,10,12-13H2,(H,23,26)(H,24,27,28)/b11-9+. The average molecular weight is 389 g/mol. The minimum absolute atomic E-state index is 0.199. The molecule has 2 aromatic rings. The van der Waals surface area contributed by atoms with Crippen LogP contribution in [-0.4, -0.2) is 34.6 Å². The number of anilines is 1. The predicted octanol–water partition coefficient (Wildman–Crippen LogP) is 2.10. The molecule has 7 nitrogen and oxygen atoms in total. The zero-order valence-corrected chi connectivity index (χ0v) is 15.6. The lowest BCUT2D eigenvalue weighted by Crippen LogP contribution is -2.52. The van der Waals surface area contributed by atoms with E-state index in [0.29, 0.717) is 23.2 Å². The van der Waals surface area contributed by atoms with Crippen LogP contribution in [0.25, 0.3) is 6.08 Å². The second-order valence-electron chi connectivity index (χ2n) is 6.96. The van der Waals surface area contributed by atoms with Crippen LogP contribution in [0.3, 0.4) is 0 Å². The van der Waals surface area contributed by atoms with Gasteiger partial charge >= 0.3 is 0 Å². The van der Waals surface area contributed by atoms with Crippen LogP contribution >= 0.6 is 0 Å². The van der Waals surface area contributed by atoms with E-state index < -0.39 is 11.9 Å². The summed E-state index contributed by atoms with van der Waals surface area (Å²) in [6.07, 6.45) is 3.64. The summed E-state index contributed by atoms with van der Waals surface area (Å²) in [7, 11) is 0. The molecule has 4 amide bonds. The number of rotatable bonds is 4. The van der Waals surface area contributed by atoms with E-state index in [1.54, 1.807) is 24.3 Å². The Hall–Kier alpha value is -3.74. The molecule has 2 aliphatic heterocycles. The number of benzene rings is 2. The van der Waals surface area contributed by atoms with Crippen molar-refractivity contribution < 1.29 is 19.2 Å². The molecule has 29 heavy (non-hydrogen) atoms. The fourth-order valence-corrected chi connectivity index (χ4v) is 3.61. The highest BCUT2D eigenvalue weighted by Crippen LogP contribution is 2.32. The van der Waals surface area contributed by atoms with Gasteiger partial charge in [0.2, 0.25) is 17.7 Å². The molecule has 2 heterocycles. The fraction of sp³-hybridized carbons (Fsp3) is 0.182. The van der Waals surface area contributed by atoms with Gasteiger partial charge in [-0.3, -0.25) is 24.5 Å². The van der Waals surface area contributed by atoms with Crippen LogP contribution in [0.5, 0.6) is 0 Å². The van der Waals surface area contributed by atoms with Gasteiger partial charge in [-0.25, -0.2) is 0 Å². The molecular formula is C22H19N3O4. The van der Waals surface area contributed by atoms with E-state index in [9.17, 15) is 19.2 Å².